The topological polar surface area (TPSA) is 69.8 Å². The lowest BCUT2D eigenvalue weighted by Gasteiger charge is -2.21. The first-order valence-electron chi connectivity index (χ1n) is 8.57. The number of rotatable bonds is 3. The lowest BCUT2D eigenvalue weighted by molar-refractivity contribution is -0.120. The molecule has 0 spiro atoms. The number of H-pyrrole nitrogens is 1. The van der Waals surface area contributed by atoms with Gasteiger partial charge in [0.15, 0.2) is 0 Å². The van der Waals surface area contributed by atoms with Gasteiger partial charge in [0, 0.05) is 11.6 Å². The number of anilines is 1. The summed E-state index contributed by atoms with van der Waals surface area (Å²) in [7, 11) is 0. The van der Waals surface area contributed by atoms with Crippen molar-refractivity contribution in [2.75, 3.05) is 18.4 Å². The van der Waals surface area contributed by atoms with E-state index in [-0.39, 0.29) is 35.6 Å². The summed E-state index contributed by atoms with van der Waals surface area (Å²) in [5, 5.41) is 6.16. The summed E-state index contributed by atoms with van der Waals surface area (Å²) in [5.74, 6) is -0.826. The van der Waals surface area contributed by atoms with E-state index in [9.17, 15) is 13.6 Å². The van der Waals surface area contributed by atoms with Crippen molar-refractivity contribution < 1.29 is 13.6 Å². The number of piperidine rings is 1. The normalized spacial score (nSPS) is 14.7. The first-order chi connectivity index (χ1) is 12.6. The smallest absolute Gasteiger partial charge is 0.227 e. The van der Waals surface area contributed by atoms with Gasteiger partial charge in [-0.2, -0.15) is 0 Å². The van der Waals surface area contributed by atoms with Crippen LogP contribution in [0.3, 0.4) is 0 Å². The maximum Gasteiger partial charge on any atom is 0.227 e. The minimum absolute atomic E-state index is 0. The van der Waals surface area contributed by atoms with Crippen LogP contribution in [0, 0.1) is 17.6 Å². The van der Waals surface area contributed by atoms with Crippen LogP contribution in [0.1, 0.15) is 12.8 Å². The molecule has 1 amide bonds. The van der Waals surface area contributed by atoms with Crippen molar-refractivity contribution in [1.29, 1.82) is 0 Å². The molecule has 5 nitrogen and oxygen atoms in total. The van der Waals surface area contributed by atoms with Crippen molar-refractivity contribution in [3.63, 3.8) is 0 Å². The third kappa shape index (κ3) is 4.09. The predicted octanol–water partition coefficient (Wildman–Crippen LogP) is 3.87. The Morgan fingerprint density at radius 3 is 2.67 bits per heavy atom. The molecule has 27 heavy (non-hydrogen) atoms. The third-order valence-corrected chi connectivity index (χ3v) is 4.64. The van der Waals surface area contributed by atoms with E-state index in [1.165, 1.54) is 0 Å². The summed E-state index contributed by atoms with van der Waals surface area (Å²) in [5.41, 5.74) is 1.98. The molecule has 142 valence electrons. The predicted molar refractivity (Wildman–Crippen MR) is 103 cm³/mol. The van der Waals surface area contributed by atoms with Gasteiger partial charge >= 0.3 is 0 Å². The van der Waals surface area contributed by atoms with Crippen LogP contribution in [0.5, 0.6) is 0 Å². The van der Waals surface area contributed by atoms with Gasteiger partial charge in [-0.15, -0.1) is 12.4 Å². The molecule has 0 saturated carbocycles. The molecule has 3 aromatic rings. The summed E-state index contributed by atoms with van der Waals surface area (Å²) < 4.78 is 27.4. The average molecular weight is 393 g/mol. The van der Waals surface area contributed by atoms with Crippen molar-refractivity contribution in [2.24, 2.45) is 5.92 Å². The Hall–Kier alpha value is -2.51. The molecule has 8 heteroatoms. The van der Waals surface area contributed by atoms with Crippen LogP contribution >= 0.6 is 12.4 Å². The number of aromatic amines is 1. The van der Waals surface area contributed by atoms with Gasteiger partial charge in [-0.3, -0.25) is 4.79 Å². The summed E-state index contributed by atoms with van der Waals surface area (Å²) >= 11 is 0. The number of halogens is 3. The highest BCUT2D eigenvalue weighted by Gasteiger charge is 2.21. The maximum atomic E-state index is 14.0. The van der Waals surface area contributed by atoms with E-state index in [1.54, 1.807) is 18.2 Å². The van der Waals surface area contributed by atoms with E-state index in [1.807, 2.05) is 0 Å². The number of carbonyl (C=O) groups excluding carboxylic acids is 1. The van der Waals surface area contributed by atoms with Gasteiger partial charge in [0.25, 0.3) is 0 Å². The molecule has 1 saturated heterocycles. The second-order valence-corrected chi connectivity index (χ2v) is 6.46. The van der Waals surface area contributed by atoms with Crippen molar-refractivity contribution in [1.82, 2.24) is 15.3 Å². The highest BCUT2D eigenvalue weighted by atomic mass is 35.5. The molecule has 0 bridgehead atoms. The minimum Gasteiger partial charge on any atom is -0.338 e. The Bertz CT molecular complexity index is 969. The van der Waals surface area contributed by atoms with Crippen LogP contribution in [0.2, 0.25) is 0 Å². The molecule has 1 aromatic heterocycles. The number of carbonyl (C=O) groups is 1. The number of fused-ring (bicyclic) bond motifs is 1. The second-order valence-electron chi connectivity index (χ2n) is 6.46. The van der Waals surface area contributed by atoms with Gasteiger partial charge in [-0.25, -0.2) is 13.8 Å². The number of nitrogens with zero attached hydrogens (tertiary/aromatic N) is 1. The molecular weight excluding hydrogens is 374 g/mol. The highest BCUT2D eigenvalue weighted by Crippen LogP contribution is 2.26. The Kier molecular flexibility index (Phi) is 5.72. The number of amides is 1. The summed E-state index contributed by atoms with van der Waals surface area (Å²) in [4.78, 5) is 19.7. The lowest BCUT2D eigenvalue weighted by Crippen LogP contribution is -2.34. The molecule has 0 radical (unpaired) electrons. The molecule has 2 heterocycles. The zero-order valence-corrected chi connectivity index (χ0v) is 15.2. The van der Waals surface area contributed by atoms with Gasteiger partial charge in [-0.1, -0.05) is 0 Å². The maximum absolute atomic E-state index is 14.0. The molecule has 4 rings (SSSR count). The van der Waals surface area contributed by atoms with E-state index in [2.05, 4.69) is 20.6 Å². The van der Waals surface area contributed by atoms with Crippen LogP contribution in [-0.4, -0.2) is 29.0 Å². The van der Waals surface area contributed by atoms with E-state index < -0.39 is 11.6 Å². The summed E-state index contributed by atoms with van der Waals surface area (Å²) in [6.07, 6.45) is 1.64. The zero-order valence-electron chi connectivity index (χ0n) is 14.4. The van der Waals surface area contributed by atoms with E-state index >= 15 is 0 Å². The molecule has 0 aliphatic carbocycles. The third-order valence-electron chi connectivity index (χ3n) is 4.64. The fourth-order valence-corrected chi connectivity index (χ4v) is 3.22. The number of hydrogen-bond acceptors (Lipinski definition) is 3. The number of imidazole rings is 1. The highest BCUT2D eigenvalue weighted by molar-refractivity contribution is 5.95. The molecule has 3 N–H and O–H groups in total. The Morgan fingerprint density at radius 1 is 1.11 bits per heavy atom. The van der Waals surface area contributed by atoms with E-state index in [0.29, 0.717) is 16.7 Å². The van der Waals surface area contributed by atoms with E-state index in [0.717, 1.165) is 44.1 Å². The van der Waals surface area contributed by atoms with Crippen molar-refractivity contribution in [3.05, 3.63) is 48.0 Å². The number of benzene rings is 2. The fraction of sp³-hybridized carbons (Fsp3) is 0.263. The summed E-state index contributed by atoms with van der Waals surface area (Å²) in [6.45, 7) is 1.69. The molecule has 2 aromatic carbocycles. The molecule has 0 unspecified atom stereocenters. The zero-order chi connectivity index (χ0) is 18.1. The van der Waals surface area contributed by atoms with Crippen LogP contribution in [0.4, 0.5) is 14.5 Å². The van der Waals surface area contributed by atoms with Gasteiger partial charge in [0.2, 0.25) is 5.91 Å². The monoisotopic (exact) mass is 392 g/mol. The van der Waals surface area contributed by atoms with Crippen LogP contribution < -0.4 is 10.6 Å². The molecule has 1 aliphatic heterocycles. The van der Waals surface area contributed by atoms with Gasteiger partial charge in [0.05, 0.1) is 16.6 Å². The van der Waals surface area contributed by atoms with Crippen molar-refractivity contribution >= 4 is 35.0 Å². The Morgan fingerprint density at radius 2 is 1.89 bits per heavy atom. The molecule has 0 atom stereocenters. The van der Waals surface area contributed by atoms with Gasteiger partial charge < -0.3 is 15.6 Å². The van der Waals surface area contributed by atoms with Crippen LogP contribution in [-0.2, 0) is 4.79 Å². The largest absolute Gasteiger partial charge is 0.338 e. The quantitative estimate of drug-likeness (QED) is 0.633. The summed E-state index contributed by atoms with van der Waals surface area (Å²) in [6, 6.07) is 8.49. The van der Waals surface area contributed by atoms with Gasteiger partial charge in [0.1, 0.15) is 17.5 Å². The van der Waals surface area contributed by atoms with E-state index in [4.69, 9.17) is 0 Å². The minimum atomic E-state index is -0.551. The van der Waals surface area contributed by atoms with Crippen molar-refractivity contribution in [2.45, 2.75) is 12.8 Å². The van der Waals surface area contributed by atoms with Crippen LogP contribution in [0.25, 0.3) is 22.4 Å². The number of hydrogen-bond donors (Lipinski definition) is 3. The first-order valence-corrected chi connectivity index (χ1v) is 8.57. The van der Waals surface area contributed by atoms with Gasteiger partial charge in [-0.05, 0) is 62.3 Å². The Balaban J connectivity index is 0.00000210. The second kappa shape index (κ2) is 8.02. The van der Waals surface area contributed by atoms with Crippen LogP contribution in [0.15, 0.2) is 36.4 Å². The molecular formula is C19H19ClF2N4O. The standard InChI is InChI=1S/C19H18F2N4O.ClH/c20-12-1-3-15(21)14(9-12)18-24-16-4-2-13(10-17(16)25-18)23-19(26)11-5-7-22-8-6-11;/h1-4,9-11,22H,5-8H2,(H,23,26)(H,24,25);1H. The number of aromatic nitrogens is 2. The molecule has 1 fully saturated rings. The first kappa shape index (κ1) is 19.3. The SMILES string of the molecule is Cl.O=C(Nc1ccc2nc(-c3cc(F)ccc3F)[nH]c2c1)C1CCNCC1. The lowest BCUT2D eigenvalue weighted by atomic mass is 9.97. The number of nitrogens with one attached hydrogen (secondary N) is 3. The molecule has 1 aliphatic rings. The Labute approximate surface area is 161 Å². The fourth-order valence-electron chi connectivity index (χ4n) is 3.22. The average Bonchev–Trinajstić information content (AvgIpc) is 3.07. The van der Waals surface area contributed by atoms with Crippen molar-refractivity contribution in [3.8, 4) is 11.4 Å².